The summed E-state index contributed by atoms with van der Waals surface area (Å²) in [5, 5.41) is 11.3. The van der Waals surface area contributed by atoms with Crippen LogP contribution in [0, 0.1) is 5.92 Å². The van der Waals surface area contributed by atoms with Crippen LogP contribution in [0.3, 0.4) is 0 Å². The third-order valence-corrected chi connectivity index (χ3v) is 4.55. The Morgan fingerprint density at radius 1 is 1.37 bits per heavy atom. The Bertz CT molecular complexity index is 835. The second-order valence-electron chi connectivity index (χ2n) is 7.34. The molecule has 3 rings (SSSR count). The highest BCUT2D eigenvalue weighted by molar-refractivity contribution is 5.77. The molecule has 1 aliphatic rings. The van der Waals surface area contributed by atoms with Crippen molar-refractivity contribution in [1.29, 1.82) is 0 Å². The molecule has 0 radical (unpaired) electrons. The number of ether oxygens (including phenoxy) is 1. The zero-order chi connectivity index (χ0) is 19.2. The number of carbonyl (C=O) groups is 1. The molecular formula is C19H27N5O3. The largest absolute Gasteiger partial charge is 0.374 e. The van der Waals surface area contributed by atoms with Crippen molar-refractivity contribution >= 4 is 16.8 Å². The van der Waals surface area contributed by atoms with E-state index in [1.807, 2.05) is 6.07 Å². The monoisotopic (exact) mass is 373 g/mol. The van der Waals surface area contributed by atoms with Crippen LogP contribution in [0.5, 0.6) is 0 Å². The maximum atomic E-state index is 12.4. The number of aryl methyl sites for hydroxylation is 1. The third kappa shape index (κ3) is 5.33. The van der Waals surface area contributed by atoms with E-state index >= 15 is 0 Å². The molecule has 27 heavy (non-hydrogen) atoms. The first-order valence-corrected chi connectivity index (χ1v) is 9.46. The SMILES string of the molecule is CC(C)CN1CCOC(CNC(=O)CCn2nnc3ccccc3c2=O)C1. The molecule has 1 fully saturated rings. The summed E-state index contributed by atoms with van der Waals surface area (Å²) in [7, 11) is 0. The van der Waals surface area contributed by atoms with Crippen molar-refractivity contribution in [3.05, 3.63) is 34.6 Å². The van der Waals surface area contributed by atoms with Gasteiger partial charge >= 0.3 is 0 Å². The van der Waals surface area contributed by atoms with Crippen molar-refractivity contribution in [3.8, 4) is 0 Å². The van der Waals surface area contributed by atoms with E-state index in [0.717, 1.165) is 19.6 Å². The van der Waals surface area contributed by atoms with E-state index in [0.29, 0.717) is 30.0 Å². The number of rotatable bonds is 7. The number of nitrogens with one attached hydrogen (secondary N) is 1. The molecule has 8 nitrogen and oxygen atoms in total. The fraction of sp³-hybridized carbons (Fsp3) is 0.579. The molecule has 1 atom stereocenters. The molecule has 0 bridgehead atoms. The smallest absolute Gasteiger partial charge is 0.277 e. The van der Waals surface area contributed by atoms with Gasteiger partial charge in [-0.3, -0.25) is 14.5 Å². The highest BCUT2D eigenvalue weighted by Gasteiger charge is 2.21. The summed E-state index contributed by atoms with van der Waals surface area (Å²) in [5.74, 6) is 0.487. The van der Waals surface area contributed by atoms with Gasteiger partial charge in [0.15, 0.2) is 0 Å². The minimum Gasteiger partial charge on any atom is -0.374 e. The van der Waals surface area contributed by atoms with E-state index in [9.17, 15) is 9.59 Å². The van der Waals surface area contributed by atoms with Gasteiger partial charge in [-0.2, -0.15) is 0 Å². The van der Waals surface area contributed by atoms with Gasteiger partial charge < -0.3 is 10.1 Å². The Labute approximate surface area is 158 Å². The van der Waals surface area contributed by atoms with Crippen LogP contribution in [0.25, 0.3) is 10.9 Å². The van der Waals surface area contributed by atoms with E-state index in [2.05, 4.69) is 34.4 Å². The van der Waals surface area contributed by atoms with Crippen LogP contribution >= 0.6 is 0 Å². The summed E-state index contributed by atoms with van der Waals surface area (Å²) in [6, 6.07) is 7.05. The first-order chi connectivity index (χ1) is 13.0. The van der Waals surface area contributed by atoms with Crippen LogP contribution in [0.4, 0.5) is 0 Å². The van der Waals surface area contributed by atoms with Crippen molar-refractivity contribution in [2.45, 2.75) is 32.9 Å². The molecule has 146 valence electrons. The molecule has 1 unspecified atom stereocenters. The summed E-state index contributed by atoms with van der Waals surface area (Å²) in [6.45, 7) is 8.57. The van der Waals surface area contributed by atoms with Crippen LogP contribution in [-0.2, 0) is 16.1 Å². The predicted octanol–water partition coefficient (Wildman–Crippen LogP) is 0.655. The maximum absolute atomic E-state index is 12.4. The molecule has 1 saturated heterocycles. The summed E-state index contributed by atoms with van der Waals surface area (Å²) in [5.41, 5.74) is 0.331. The Kier molecular flexibility index (Phi) is 6.52. The topological polar surface area (TPSA) is 89.3 Å². The highest BCUT2D eigenvalue weighted by atomic mass is 16.5. The van der Waals surface area contributed by atoms with Gasteiger partial charge in [0.05, 0.1) is 24.6 Å². The number of morpholine rings is 1. The molecular weight excluding hydrogens is 346 g/mol. The number of fused-ring (bicyclic) bond motifs is 1. The van der Waals surface area contributed by atoms with Gasteiger partial charge in [0, 0.05) is 32.6 Å². The Balaban J connectivity index is 1.47. The van der Waals surface area contributed by atoms with Gasteiger partial charge in [0.25, 0.3) is 5.56 Å². The quantitative estimate of drug-likeness (QED) is 0.767. The standard InChI is InChI=1S/C19H27N5O3/c1-14(2)12-23-9-10-27-15(13-23)11-20-18(25)7-8-24-19(26)16-5-3-4-6-17(16)21-22-24/h3-6,14-15H,7-13H2,1-2H3,(H,20,25). The van der Waals surface area contributed by atoms with E-state index < -0.39 is 0 Å². The first-order valence-electron chi connectivity index (χ1n) is 9.46. The first kappa shape index (κ1) is 19.4. The van der Waals surface area contributed by atoms with Crippen LogP contribution in [-0.4, -0.2) is 64.7 Å². The van der Waals surface area contributed by atoms with E-state index in [4.69, 9.17) is 4.74 Å². The maximum Gasteiger partial charge on any atom is 0.277 e. The van der Waals surface area contributed by atoms with E-state index in [1.165, 1.54) is 4.68 Å². The van der Waals surface area contributed by atoms with Crippen LogP contribution in [0.15, 0.2) is 29.1 Å². The number of benzene rings is 1. The van der Waals surface area contributed by atoms with Crippen LogP contribution in [0.1, 0.15) is 20.3 Å². The van der Waals surface area contributed by atoms with Crippen molar-refractivity contribution in [3.63, 3.8) is 0 Å². The van der Waals surface area contributed by atoms with E-state index in [1.54, 1.807) is 18.2 Å². The molecule has 1 aliphatic heterocycles. The van der Waals surface area contributed by atoms with Gasteiger partial charge in [-0.15, -0.1) is 5.10 Å². The number of hydrogen-bond acceptors (Lipinski definition) is 6. The lowest BCUT2D eigenvalue weighted by Gasteiger charge is -2.33. The van der Waals surface area contributed by atoms with Crippen LogP contribution in [0.2, 0.25) is 0 Å². The second-order valence-corrected chi connectivity index (χ2v) is 7.34. The number of amides is 1. The molecule has 1 N–H and O–H groups in total. The molecule has 2 aromatic rings. The molecule has 0 spiro atoms. The van der Waals surface area contributed by atoms with Gasteiger partial charge in [-0.1, -0.05) is 31.2 Å². The fourth-order valence-corrected chi connectivity index (χ4v) is 3.28. The molecule has 1 amide bonds. The average molecular weight is 373 g/mol. The minimum absolute atomic E-state index is 0.00429. The van der Waals surface area contributed by atoms with Crippen molar-refractivity contribution in [1.82, 2.24) is 25.2 Å². The lowest BCUT2D eigenvalue weighted by atomic mass is 10.2. The molecule has 1 aromatic carbocycles. The number of hydrogen-bond donors (Lipinski definition) is 1. The van der Waals surface area contributed by atoms with Gasteiger partial charge in [-0.05, 0) is 18.1 Å². The van der Waals surface area contributed by atoms with Gasteiger partial charge in [0.2, 0.25) is 5.91 Å². The van der Waals surface area contributed by atoms with Gasteiger partial charge in [0.1, 0.15) is 5.52 Å². The van der Waals surface area contributed by atoms with Gasteiger partial charge in [-0.25, -0.2) is 4.68 Å². The van der Waals surface area contributed by atoms with Crippen molar-refractivity contribution < 1.29 is 9.53 Å². The fourth-order valence-electron chi connectivity index (χ4n) is 3.28. The minimum atomic E-state index is -0.228. The zero-order valence-electron chi connectivity index (χ0n) is 15.9. The highest BCUT2D eigenvalue weighted by Crippen LogP contribution is 2.07. The zero-order valence-corrected chi connectivity index (χ0v) is 15.9. The molecule has 0 saturated carbocycles. The number of aromatic nitrogens is 3. The Morgan fingerprint density at radius 3 is 3.00 bits per heavy atom. The predicted molar refractivity (Wildman–Crippen MR) is 102 cm³/mol. The van der Waals surface area contributed by atoms with Crippen molar-refractivity contribution in [2.75, 3.05) is 32.8 Å². The molecule has 1 aromatic heterocycles. The Hall–Kier alpha value is -2.32. The summed E-state index contributed by atoms with van der Waals surface area (Å²) < 4.78 is 6.98. The summed E-state index contributed by atoms with van der Waals surface area (Å²) in [6.07, 6.45) is 0.180. The summed E-state index contributed by atoms with van der Waals surface area (Å²) in [4.78, 5) is 26.9. The summed E-state index contributed by atoms with van der Waals surface area (Å²) >= 11 is 0. The van der Waals surface area contributed by atoms with Crippen molar-refractivity contribution in [2.24, 2.45) is 5.92 Å². The average Bonchev–Trinajstić information content (AvgIpc) is 2.66. The lowest BCUT2D eigenvalue weighted by molar-refractivity contribution is -0.122. The second kappa shape index (κ2) is 9.05. The number of carbonyl (C=O) groups excluding carboxylic acids is 1. The Morgan fingerprint density at radius 2 is 2.19 bits per heavy atom. The van der Waals surface area contributed by atoms with Crippen LogP contribution < -0.4 is 10.9 Å². The normalized spacial score (nSPS) is 18.1. The number of nitrogens with zero attached hydrogens (tertiary/aromatic N) is 4. The molecule has 2 heterocycles. The lowest BCUT2D eigenvalue weighted by Crippen LogP contribution is -2.48. The van der Waals surface area contributed by atoms with E-state index in [-0.39, 0.29) is 30.5 Å². The molecule has 8 heteroatoms. The molecule has 0 aliphatic carbocycles. The third-order valence-electron chi connectivity index (χ3n) is 4.55.